The van der Waals surface area contributed by atoms with Crippen molar-refractivity contribution in [3.05, 3.63) is 63.6 Å². The normalized spacial score (nSPS) is 14.9. The Morgan fingerprint density at radius 1 is 1.08 bits per heavy atom. The molecule has 0 spiro atoms. The monoisotopic (exact) mass is 553 g/mol. The number of carbonyl (C=O) groups excluding carboxylic acids is 3. The van der Waals surface area contributed by atoms with Gasteiger partial charge >= 0.3 is 0 Å². The summed E-state index contributed by atoms with van der Waals surface area (Å²) >= 11 is 12.1. The number of nitrogens with zero attached hydrogens (tertiary/aromatic N) is 2. The van der Waals surface area contributed by atoms with Crippen molar-refractivity contribution in [1.82, 2.24) is 14.5 Å². The van der Waals surface area contributed by atoms with E-state index in [9.17, 15) is 22.8 Å². The lowest BCUT2D eigenvalue weighted by molar-refractivity contribution is -0.140. The minimum atomic E-state index is -3.95. The predicted octanol–water partition coefficient (Wildman–Crippen LogP) is 4.25. The Balaban J connectivity index is 1.71. The van der Waals surface area contributed by atoms with Crippen molar-refractivity contribution in [1.29, 1.82) is 0 Å². The van der Waals surface area contributed by atoms with Crippen LogP contribution in [0.5, 0.6) is 0 Å². The van der Waals surface area contributed by atoms with Crippen LogP contribution in [-0.2, 0) is 26.2 Å². The zero-order valence-electron chi connectivity index (χ0n) is 20.2. The SMILES string of the molecule is CCCCNC(=O)[C@H](C)N(Cc1ccc(Cl)c(Cl)c1)C(=O)CCCN1C(=O)c2ccccc2S1(=O)=O. The molecule has 8 nitrogen and oxygen atoms in total. The largest absolute Gasteiger partial charge is 0.354 e. The fraction of sp³-hybridized carbons (Fsp3) is 0.400. The second kappa shape index (κ2) is 12.1. The maximum absolute atomic E-state index is 13.2. The number of hydrogen-bond acceptors (Lipinski definition) is 5. The molecule has 2 aromatic rings. The molecular formula is C25H29Cl2N3O5S. The van der Waals surface area contributed by atoms with Gasteiger partial charge in [-0.3, -0.25) is 14.4 Å². The number of hydrogen-bond donors (Lipinski definition) is 1. The van der Waals surface area contributed by atoms with Crippen LogP contribution in [0.15, 0.2) is 47.4 Å². The lowest BCUT2D eigenvalue weighted by Gasteiger charge is -2.29. The second-order valence-corrected chi connectivity index (χ2v) is 11.2. The maximum Gasteiger partial charge on any atom is 0.269 e. The zero-order valence-corrected chi connectivity index (χ0v) is 22.5. The van der Waals surface area contributed by atoms with E-state index in [-0.39, 0.29) is 48.2 Å². The summed E-state index contributed by atoms with van der Waals surface area (Å²) in [4.78, 5) is 40.0. The molecule has 0 unspecified atom stereocenters. The number of fused-ring (bicyclic) bond motifs is 1. The molecule has 0 aliphatic carbocycles. The number of unbranched alkanes of at least 4 members (excludes halogenated alkanes) is 1. The fourth-order valence-electron chi connectivity index (χ4n) is 3.92. The van der Waals surface area contributed by atoms with Crippen LogP contribution >= 0.6 is 23.2 Å². The van der Waals surface area contributed by atoms with Gasteiger partial charge in [-0.25, -0.2) is 12.7 Å². The van der Waals surface area contributed by atoms with Gasteiger partial charge in [-0.2, -0.15) is 0 Å². The third-order valence-corrected chi connectivity index (χ3v) is 8.58. The van der Waals surface area contributed by atoms with E-state index < -0.39 is 22.0 Å². The van der Waals surface area contributed by atoms with E-state index in [1.165, 1.54) is 17.0 Å². The van der Waals surface area contributed by atoms with Gasteiger partial charge in [-0.1, -0.05) is 54.7 Å². The van der Waals surface area contributed by atoms with E-state index in [2.05, 4.69) is 5.32 Å². The average Bonchev–Trinajstić information content (AvgIpc) is 3.04. The molecule has 0 fully saturated rings. The van der Waals surface area contributed by atoms with Crippen LogP contribution in [0, 0.1) is 0 Å². The molecule has 1 heterocycles. The molecule has 1 atom stereocenters. The molecule has 2 aromatic carbocycles. The molecule has 3 amide bonds. The molecule has 36 heavy (non-hydrogen) atoms. The van der Waals surface area contributed by atoms with Gasteiger partial charge < -0.3 is 10.2 Å². The van der Waals surface area contributed by atoms with E-state index in [4.69, 9.17) is 23.2 Å². The quantitative estimate of drug-likeness (QED) is 0.419. The van der Waals surface area contributed by atoms with E-state index >= 15 is 0 Å². The Hall–Kier alpha value is -2.62. The van der Waals surface area contributed by atoms with E-state index in [0.717, 1.165) is 17.1 Å². The fourth-order valence-corrected chi connectivity index (χ4v) is 5.85. The Kier molecular flexibility index (Phi) is 9.38. The summed E-state index contributed by atoms with van der Waals surface area (Å²) in [5.74, 6) is -1.24. The van der Waals surface area contributed by atoms with Crippen LogP contribution in [-0.4, -0.2) is 54.5 Å². The van der Waals surface area contributed by atoms with Crippen molar-refractivity contribution in [2.75, 3.05) is 13.1 Å². The molecular weight excluding hydrogens is 525 g/mol. The molecule has 0 radical (unpaired) electrons. The second-order valence-electron chi connectivity index (χ2n) is 8.57. The molecule has 1 N–H and O–H groups in total. The first-order chi connectivity index (χ1) is 17.1. The summed E-state index contributed by atoms with van der Waals surface area (Å²) in [5, 5.41) is 3.55. The molecule has 0 bridgehead atoms. The van der Waals surface area contributed by atoms with Gasteiger partial charge in [0.2, 0.25) is 11.8 Å². The number of halogens is 2. The Bertz CT molecular complexity index is 1250. The lowest BCUT2D eigenvalue weighted by atomic mass is 10.1. The van der Waals surface area contributed by atoms with E-state index in [0.29, 0.717) is 22.2 Å². The summed E-state index contributed by atoms with van der Waals surface area (Å²) in [6, 6.07) is 10.2. The molecule has 3 rings (SSSR count). The number of sulfonamides is 1. The third-order valence-electron chi connectivity index (χ3n) is 6.00. The summed E-state index contributed by atoms with van der Waals surface area (Å²) in [7, 11) is -3.95. The van der Waals surface area contributed by atoms with Crippen molar-refractivity contribution < 1.29 is 22.8 Å². The number of amides is 3. The molecule has 1 aliphatic heterocycles. The van der Waals surface area contributed by atoms with Crippen molar-refractivity contribution in [3.63, 3.8) is 0 Å². The zero-order chi connectivity index (χ0) is 26.5. The molecule has 0 saturated carbocycles. The van der Waals surface area contributed by atoms with Gasteiger partial charge in [0.15, 0.2) is 0 Å². The van der Waals surface area contributed by atoms with Gasteiger partial charge in [0.25, 0.3) is 15.9 Å². The molecule has 194 valence electrons. The highest BCUT2D eigenvalue weighted by molar-refractivity contribution is 7.90. The molecule has 1 aliphatic rings. The highest BCUT2D eigenvalue weighted by Crippen LogP contribution is 2.30. The van der Waals surface area contributed by atoms with Crippen LogP contribution in [0.25, 0.3) is 0 Å². The highest BCUT2D eigenvalue weighted by atomic mass is 35.5. The maximum atomic E-state index is 13.2. The minimum absolute atomic E-state index is 0.0278. The minimum Gasteiger partial charge on any atom is -0.354 e. The molecule has 11 heteroatoms. The smallest absolute Gasteiger partial charge is 0.269 e. The van der Waals surface area contributed by atoms with Crippen molar-refractivity contribution in [3.8, 4) is 0 Å². The first-order valence-electron chi connectivity index (χ1n) is 11.7. The first kappa shape index (κ1) is 28.0. The summed E-state index contributed by atoms with van der Waals surface area (Å²) in [6.45, 7) is 4.13. The topological polar surface area (TPSA) is 104 Å². The highest BCUT2D eigenvalue weighted by Gasteiger charge is 2.40. The van der Waals surface area contributed by atoms with Gasteiger partial charge in [0.05, 0.1) is 15.6 Å². The molecule has 0 saturated heterocycles. The van der Waals surface area contributed by atoms with E-state index in [1.54, 1.807) is 37.3 Å². The van der Waals surface area contributed by atoms with Crippen molar-refractivity contribution in [2.45, 2.75) is 57.0 Å². The summed E-state index contributed by atoms with van der Waals surface area (Å²) < 4.78 is 26.3. The van der Waals surface area contributed by atoms with Crippen LogP contribution in [0.3, 0.4) is 0 Å². The Morgan fingerprint density at radius 3 is 2.47 bits per heavy atom. The van der Waals surface area contributed by atoms with Crippen LogP contribution < -0.4 is 5.32 Å². The number of benzene rings is 2. The first-order valence-corrected chi connectivity index (χ1v) is 13.9. The predicted molar refractivity (Wildman–Crippen MR) is 138 cm³/mol. The number of rotatable bonds is 11. The van der Waals surface area contributed by atoms with Crippen LogP contribution in [0.1, 0.15) is 55.5 Å². The summed E-state index contributed by atoms with van der Waals surface area (Å²) in [6.07, 6.45) is 1.80. The van der Waals surface area contributed by atoms with Crippen LogP contribution in [0.4, 0.5) is 0 Å². The van der Waals surface area contributed by atoms with Crippen LogP contribution in [0.2, 0.25) is 10.0 Å². The Morgan fingerprint density at radius 2 is 1.81 bits per heavy atom. The van der Waals surface area contributed by atoms with Gasteiger partial charge in [0.1, 0.15) is 10.9 Å². The van der Waals surface area contributed by atoms with Crippen molar-refractivity contribution in [2.24, 2.45) is 0 Å². The van der Waals surface area contributed by atoms with Gasteiger partial charge in [-0.15, -0.1) is 0 Å². The van der Waals surface area contributed by atoms with Gasteiger partial charge in [0, 0.05) is 26.1 Å². The third kappa shape index (κ3) is 6.19. The number of carbonyl (C=O) groups is 3. The van der Waals surface area contributed by atoms with Crippen molar-refractivity contribution >= 4 is 50.9 Å². The van der Waals surface area contributed by atoms with Gasteiger partial charge in [-0.05, 0) is 49.6 Å². The Labute approximate surface area is 221 Å². The molecule has 0 aromatic heterocycles. The van der Waals surface area contributed by atoms with E-state index in [1.807, 2.05) is 6.92 Å². The standard InChI is InChI=1S/C25H29Cl2N3O5S/c1-3-4-13-28-24(32)17(2)29(16-18-11-12-20(26)21(27)15-18)23(31)10-7-14-30-25(33)19-8-5-6-9-22(19)36(30,34)35/h5-6,8-9,11-12,15,17H,3-4,7,10,13-14,16H2,1-2H3,(H,28,32)/t17-/m0/s1. The lowest BCUT2D eigenvalue weighted by Crippen LogP contribution is -2.48. The summed E-state index contributed by atoms with van der Waals surface area (Å²) in [5.41, 5.74) is 0.821. The average molecular weight is 554 g/mol. The number of nitrogens with one attached hydrogen (secondary N) is 1.